The summed E-state index contributed by atoms with van der Waals surface area (Å²) >= 11 is 6.26. The van der Waals surface area contributed by atoms with Gasteiger partial charge in [-0.2, -0.15) is 0 Å². The Hall–Kier alpha value is -4.43. The predicted molar refractivity (Wildman–Crippen MR) is 151 cm³/mol. The molecule has 4 rings (SSSR count). The number of amides is 3. The number of benzene rings is 3. The number of rotatable bonds is 9. The largest absolute Gasteiger partial charge is 0.462 e. The third kappa shape index (κ3) is 6.18. The second-order valence-electron chi connectivity index (χ2n) is 9.15. The fourth-order valence-corrected chi connectivity index (χ4v) is 4.14. The van der Waals surface area contributed by atoms with Crippen LogP contribution in [0, 0.1) is 13.8 Å². The highest BCUT2D eigenvalue weighted by molar-refractivity contribution is 6.53. The Labute approximate surface area is 231 Å². The van der Waals surface area contributed by atoms with Gasteiger partial charge in [-0.05, 0) is 86.0 Å². The lowest BCUT2D eigenvalue weighted by molar-refractivity contribution is -0.120. The Morgan fingerprint density at radius 1 is 0.872 bits per heavy atom. The third-order valence-corrected chi connectivity index (χ3v) is 6.51. The first-order valence-corrected chi connectivity index (χ1v) is 12.9. The minimum absolute atomic E-state index is 0.0342. The molecule has 1 aliphatic heterocycles. The topological polar surface area (TPSA) is 105 Å². The molecule has 1 heterocycles. The van der Waals surface area contributed by atoms with Gasteiger partial charge in [-0.1, -0.05) is 37.1 Å². The van der Waals surface area contributed by atoms with Crippen LogP contribution in [-0.4, -0.2) is 30.3 Å². The van der Waals surface area contributed by atoms with E-state index in [1.807, 2.05) is 32.9 Å². The predicted octanol–water partition coefficient (Wildman–Crippen LogP) is 5.95. The average Bonchev–Trinajstić information content (AvgIpc) is 3.13. The van der Waals surface area contributed by atoms with Gasteiger partial charge in [0.15, 0.2) is 0 Å². The van der Waals surface area contributed by atoms with Crippen molar-refractivity contribution in [2.45, 2.75) is 33.6 Å². The first-order valence-electron chi connectivity index (χ1n) is 12.5. The van der Waals surface area contributed by atoms with E-state index in [9.17, 15) is 19.2 Å². The zero-order chi connectivity index (χ0) is 28.1. The fourth-order valence-electron chi connectivity index (χ4n) is 3.93. The van der Waals surface area contributed by atoms with Crippen molar-refractivity contribution in [3.63, 3.8) is 0 Å². The molecule has 8 nitrogen and oxygen atoms in total. The number of hydrogen-bond acceptors (Lipinski definition) is 6. The number of imide groups is 1. The molecule has 200 valence electrons. The van der Waals surface area contributed by atoms with Crippen LogP contribution < -0.4 is 15.5 Å². The summed E-state index contributed by atoms with van der Waals surface area (Å²) in [6, 6.07) is 18.3. The van der Waals surface area contributed by atoms with Gasteiger partial charge in [-0.3, -0.25) is 14.4 Å². The lowest BCUT2D eigenvalue weighted by atomic mass is 10.1. The number of nitrogens with zero attached hydrogens (tertiary/aromatic N) is 1. The van der Waals surface area contributed by atoms with Gasteiger partial charge in [-0.15, -0.1) is 0 Å². The van der Waals surface area contributed by atoms with E-state index in [1.165, 1.54) is 0 Å². The molecular weight excluding hydrogens is 518 g/mol. The van der Waals surface area contributed by atoms with E-state index in [1.54, 1.807) is 54.6 Å². The van der Waals surface area contributed by atoms with Crippen LogP contribution in [0.2, 0.25) is 0 Å². The maximum atomic E-state index is 13.1. The summed E-state index contributed by atoms with van der Waals surface area (Å²) in [5, 5.41) is 5.48. The molecule has 39 heavy (non-hydrogen) atoms. The summed E-state index contributed by atoms with van der Waals surface area (Å²) in [5.74, 6) is -1.92. The van der Waals surface area contributed by atoms with Crippen molar-refractivity contribution in [1.29, 1.82) is 0 Å². The monoisotopic (exact) mass is 545 g/mol. The van der Waals surface area contributed by atoms with E-state index in [0.717, 1.165) is 28.9 Å². The summed E-state index contributed by atoms with van der Waals surface area (Å²) in [4.78, 5) is 51.7. The smallest absolute Gasteiger partial charge is 0.338 e. The number of carbonyl (C=O) groups excluding carboxylic acids is 4. The molecule has 0 unspecified atom stereocenters. The number of aryl methyl sites for hydroxylation is 2. The van der Waals surface area contributed by atoms with Crippen LogP contribution >= 0.6 is 11.6 Å². The molecule has 0 spiro atoms. The summed E-state index contributed by atoms with van der Waals surface area (Å²) < 4.78 is 5.19. The number of ether oxygens (including phenoxy) is 1. The highest BCUT2D eigenvalue weighted by Crippen LogP contribution is 2.32. The van der Waals surface area contributed by atoms with Crippen molar-refractivity contribution in [2.24, 2.45) is 0 Å². The third-order valence-electron chi connectivity index (χ3n) is 6.16. The Balaban J connectivity index is 1.40. The summed E-state index contributed by atoms with van der Waals surface area (Å²) in [6.45, 7) is 6.08. The standard InChI is InChI=1S/C30H28ClN3O5/c1-4-5-16-39-30(38)21-10-14-23(15-11-21)33-27(35)20-8-12-22(13-9-20)32-26-25(31)28(36)34(29(26)37)24-17-18(2)6-7-19(24)3/h6-15,17,32H,4-5,16H2,1-3H3,(H,33,35). The van der Waals surface area contributed by atoms with Crippen LogP contribution in [0.3, 0.4) is 0 Å². The Bertz CT molecular complexity index is 1460. The van der Waals surface area contributed by atoms with E-state index in [-0.39, 0.29) is 16.6 Å². The van der Waals surface area contributed by atoms with Crippen molar-refractivity contribution in [3.8, 4) is 0 Å². The fraction of sp³-hybridized carbons (Fsp3) is 0.200. The second kappa shape index (κ2) is 12.0. The molecule has 9 heteroatoms. The number of unbranched alkanes of at least 4 members (excludes halogenated alkanes) is 1. The van der Waals surface area contributed by atoms with Crippen molar-refractivity contribution in [1.82, 2.24) is 0 Å². The summed E-state index contributed by atoms with van der Waals surface area (Å²) in [7, 11) is 0. The number of hydrogen-bond donors (Lipinski definition) is 2. The van der Waals surface area contributed by atoms with Crippen molar-refractivity contribution >= 4 is 52.4 Å². The van der Waals surface area contributed by atoms with Gasteiger partial charge in [-0.25, -0.2) is 9.69 Å². The van der Waals surface area contributed by atoms with Gasteiger partial charge in [0, 0.05) is 16.9 Å². The van der Waals surface area contributed by atoms with Crippen molar-refractivity contribution in [3.05, 3.63) is 99.7 Å². The van der Waals surface area contributed by atoms with E-state index in [0.29, 0.717) is 34.8 Å². The molecule has 0 fully saturated rings. The zero-order valence-corrected chi connectivity index (χ0v) is 22.6. The molecular formula is C30H28ClN3O5. The van der Waals surface area contributed by atoms with Crippen molar-refractivity contribution in [2.75, 3.05) is 22.1 Å². The van der Waals surface area contributed by atoms with Gasteiger partial charge in [0.05, 0.1) is 17.9 Å². The van der Waals surface area contributed by atoms with Gasteiger partial charge in [0.25, 0.3) is 17.7 Å². The summed E-state index contributed by atoms with van der Waals surface area (Å²) in [6.07, 6.45) is 1.74. The number of anilines is 3. The Kier molecular flexibility index (Phi) is 8.46. The molecule has 2 N–H and O–H groups in total. The van der Waals surface area contributed by atoms with Gasteiger partial charge >= 0.3 is 5.97 Å². The first kappa shape index (κ1) is 27.6. The molecule has 3 aromatic rings. The van der Waals surface area contributed by atoms with Gasteiger partial charge in [0.1, 0.15) is 10.7 Å². The molecule has 0 bridgehead atoms. The second-order valence-corrected chi connectivity index (χ2v) is 9.53. The Morgan fingerprint density at radius 3 is 2.18 bits per heavy atom. The number of nitrogens with one attached hydrogen (secondary N) is 2. The lowest BCUT2D eigenvalue weighted by Gasteiger charge is -2.18. The minimum Gasteiger partial charge on any atom is -0.462 e. The zero-order valence-electron chi connectivity index (χ0n) is 21.8. The van der Waals surface area contributed by atoms with Gasteiger partial charge < -0.3 is 15.4 Å². The lowest BCUT2D eigenvalue weighted by Crippen LogP contribution is -2.32. The normalized spacial score (nSPS) is 13.1. The Morgan fingerprint density at radius 2 is 1.51 bits per heavy atom. The summed E-state index contributed by atoms with van der Waals surface area (Å²) in [5.41, 5.74) is 3.90. The molecule has 0 aromatic heterocycles. The number of carbonyl (C=O) groups is 4. The average molecular weight is 546 g/mol. The molecule has 0 atom stereocenters. The minimum atomic E-state index is -0.603. The molecule has 3 aromatic carbocycles. The molecule has 1 aliphatic rings. The SMILES string of the molecule is CCCCOC(=O)c1ccc(NC(=O)c2ccc(NC3=C(Cl)C(=O)N(c4cc(C)ccc4C)C3=O)cc2)cc1. The number of esters is 1. The number of halogens is 1. The van der Waals surface area contributed by atoms with E-state index < -0.39 is 17.8 Å². The quantitative estimate of drug-likeness (QED) is 0.196. The molecule has 0 saturated carbocycles. The van der Waals surface area contributed by atoms with Crippen LogP contribution in [0.1, 0.15) is 51.6 Å². The molecule has 3 amide bonds. The van der Waals surface area contributed by atoms with E-state index >= 15 is 0 Å². The molecule has 0 saturated heterocycles. The first-order chi connectivity index (χ1) is 18.7. The highest BCUT2D eigenvalue weighted by Gasteiger charge is 2.39. The van der Waals surface area contributed by atoms with Crippen LogP contribution in [0.5, 0.6) is 0 Å². The van der Waals surface area contributed by atoms with Crippen LogP contribution in [0.4, 0.5) is 17.1 Å². The highest BCUT2D eigenvalue weighted by atomic mass is 35.5. The molecule has 0 radical (unpaired) electrons. The van der Waals surface area contributed by atoms with E-state index in [4.69, 9.17) is 16.3 Å². The van der Waals surface area contributed by atoms with Crippen LogP contribution in [0.15, 0.2) is 77.5 Å². The van der Waals surface area contributed by atoms with E-state index in [2.05, 4.69) is 10.6 Å². The van der Waals surface area contributed by atoms with Crippen LogP contribution in [-0.2, 0) is 14.3 Å². The van der Waals surface area contributed by atoms with Crippen molar-refractivity contribution < 1.29 is 23.9 Å². The maximum absolute atomic E-state index is 13.1. The van der Waals surface area contributed by atoms with Gasteiger partial charge in [0.2, 0.25) is 0 Å². The maximum Gasteiger partial charge on any atom is 0.338 e. The molecule has 0 aliphatic carbocycles. The van der Waals surface area contributed by atoms with Crippen LogP contribution in [0.25, 0.3) is 0 Å².